The zero-order chi connectivity index (χ0) is 13.8. The fourth-order valence-corrected chi connectivity index (χ4v) is 2.51. The molecule has 1 atom stereocenters. The summed E-state index contributed by atoms with van der Waals surface area (Å²) in [6.45, 7) is -0.0900. The molecule has 0 spiro atoms. The second-order valence-electron chi connectivity index (χ2n) is 4.37. The second-order valence-corrected chi connectivity index (χ2v) is 5.23. The summed E-state index contributed by atoms with van der Waals surface area (Å²) in [4.78, 5) is 0. The summed E-state index contributed by atoms with van der Waals surface area (Å²) in [5, 5.41) is 9.47. The van der Waals surface area contributed by atoms with Gasteiger partial charge in [0.05, 0.1) is 6.61 Å². The molecule has 1 unspecified atom stereocenters. The van der Waals surface area contributed by atoms with Crippen LogP contribution < -0.4 is 0 Å². The highest BCUT2D eigenvalue weighted by Gasteiger charge is 2.14. The van der Waals surface area contributed by atoms with Crippen LogP contribution in [0.4, 0.5) is 8.78 Å². The smallest absolute Gasteiger partial charge is 0.124 e. The topological polar surface area (TPSA) is 20.2 Å². The van der Waals surface area contributed by atoms with E-state index in [4.69, 9.17) is 0 Å². The summed E-state index contributed by atoms with van der Waals surface area (Å²) >= 11 is 3.30. The lowest BCUT2D eigenvalue weighted by molar-refractivity contribution is 0.264. The van der Waals surface area contributed by atoms with Gasteiger partial charge in [-0.15, -0.1) is 0 Å². The molecule has 2 aromatic carbocycles. The molecule has 0 amide bonds. The lowest BCUT2D eigenvalue weighted by Gasteiger charge is -2.16. The van der Waals surface area contributed by atoms with Gasteiger partial charge in [0, 0.05) is 10.4 Å². The molecule has 0 aliphatic heterocycles. The molecule has 2 rings (SSSR count). The molecule has 0 aliphatic carbocycles. The van der Waals surface area contributed by atoms with Gasteiger partial charge in [0.1, 0.15) is 11.6 Å². The van der Waals surface area contributed by atoms with Gasteiger partial charge in [-0.05, 0) is 41.8 Å². The van der Waals surface area contributed by atoms with Crippen LogP contribution in [0.3, 0.4) is 0 Å². The SMILES string of the molecule is OCC(Cc1ccc(F)cc1Br)c1cccc(F)c1. The number of rotatable bonds is 4. The van der Waals surface area contributed by atoms with Gasteiger partial charge in [-0.2, -0.15) is 0 Å². The van der Waals surface area contributed by atoms with E-state index >= 15 is 0 Å². The minimum atomic E-state index is -0.325. The number of hydrogen-bond donors (Lipinski definition) is 1. The summed E-state index contributed by atoms with van der Waals surface area (Å²) in [6.07, 6.45) is 0.515. The Morgan fingerprint density at radius 3 is 2.42 bits per heavy atom. The molecule has 1 N–H and O–H groups in total. The molecule has 4 heteroatoms. The van der Waals surface area contributed by atoms with Crippen LogP contribution in [0.15, 0.2) is 46.9 Å². The Labute approximate surface area is 119 Å². The van der Waals surface area contributed by atoms with Gasteiger partial charge in [0.2, 0.25) is 0 Å². The first-order valence-corrected chi connectivity index (χ1v) is 6.69. The highest BCUT2D eigenvalue weighted by atomic mass is 79.9. The van der Waals surface area contributed by atoms with E-state index in [1.54, 1.807) is 18.2 Å². The molecule has 100 valence electrons. The Morgan fingerprint density at radius 1 is 1.05 bits per heavy atom. The van der Waals surface area contributed by atoms with Gasteiger partial charge in [-0.1, -0.05) is 34.1 Å². The third kappa shape index (κ3) is 3.61. The number of halogens is 3. The third-order valence-corrected chi connectivity index (χ3v) is 3.76. The van der Waals surface area contributed by atoms with Gasteiger partial charge in [0.15, 0.2) is 0 Å². The molecule has 2 aromatic rings. The van der Waals surface area contributed by atoms with Gasteiger partial charge in [-0.25, -0.2) is 8.78 Å². The van der Waals surface area contributed by atoms with Crippen molar-refractivity contribution in [3.63, 3.8) is 0 Å². The van der Waals surface area contributed by atoms with Crippen LogP contribution in [-0.2, 0) is 6.42 Å². The maximum Gasteiger partial charge on any atom is 0.124 e. The highest BCUT2D eigenvalue weighted by molar-refractivity contribution is 9.10. The number of aliphatic hydroxyl groups is 1. The van der Waals surface area contributed by atoms with E-state index in [9.17, 15) is 13.9 Å². The van der Waals surface area contributed by atoms with Gasteiger partial charge < -0.3 is 5.11 Å². The molecular weight excluding hydrogens is 314 g/mol. The first kappa shape index (κ1) is 14.2. The Morgan fingerprint density at radius 2 is 1.79 bits per heavy atom. The Bertz CT molecular complexity index is 572. The van der Waals surface area contributed by atoms with Crippen molar-refractivity contribution in [3.05, 3.63) is 69.7 Å². The first-order valence-electron chi connectivity index (χ1n) is 5.90. The van der Waals surface area contributed by atoms with E-state index in [0.29, 0.717) is 10.9 Å². The quantitative estimate of drug-likeness (QED) is 0.898. The van der Waals surface area contributed by atoms with Crippen LogP contribution >= 0.6 is 15.9 Å². The molecule has 0 aliphatic rings. The molecule has 0 saturated carbocycles. The van der Waals surface area contributed by atoms with Crippen LogP contribution in [0.5, 0.6) is 0 Å². The maximum atomic E-state index is 13.2. The number of benzene rings is 2. The fourth-order valence-electron chi connectivity index (χ4n) is 2.00. The van der Waals surface area contributed by atoms with Gasteiger partial charge in [0.25, 0.3) is 0 Å². The van der Waals surface area contributed by atoms with E-state index in [1.165, 1.54) is 24.3 Å². The summed E-state index contributed by atoms with van der Waals surface area (Å²) in [6, 6.07) is 10.6. The Kier molecular flexibility index (Phi) is 4.66. The van der Waals surface area contributed by atoms with Crippen molar-refractivity contribution in [3.8, 4) is 0 Å². The van der Waals surface area contributed by atoms with Crippen molar-refractivity contribution < 1.29 is 13.9 Å². The van der Waals surface area contributed by atoms with Crippen molar-refractivity contribution in [1.29, 1.82) is 0 Å². The summed E-state index contributed by atoms with van der Waals surface area (Å²) < 4.78 is 26.9. The van der Waals surface area contributed by atoms with Gasteiger partial charge >= 0.3 is 0 Å². The predicted molar refractivity (Wildman–Crippen MR) is 74.0 cm³/mol. The Balaban J connectivity index is 2.24. The number of aliphatic hydroxyl groups excluding tert-OH is 1. The van der Waals surface area contributed by atoms with Crippen LogP contribution in [0.25, 0.3) is 0 Å². The first-order chi connectivity index (χ1) is 9.10. The zero-order valence-electron chi connectivity index (χ0n) is 10.1. The van der Waals surface area contributed by atoms with Crippen molar-refractivity contribution in [2.24, 2.45) is 0 Å². The maximum absolute atomic E-state index is 13.2. The minimum absolute atomic E-state index is 0.0900. The average molecular weight is 327 g/mol. The van der Waals surface area contributed by atoms with Crippen LogP contribution in [0, 0.1) is 11.6 Å². The second kappa shape index (κ2) is 6.26. The van der Waals surface area contributed by atoms with E-state index in [-0.39, 0.29) is 24.2 Å². The molecular formula is C15H13BrF2O. The minimum Gasteiger partial charge on any atom is -0.396 e. The van der Waals surface area contributed by atoms with E-state index in [1.807, 2.05) is 0 Å². The van der Waals surface area contributed by atoms with Crippen molar-refractivity contribution in [2.75, 3.05) is 6.61 Å². The lowest BCUT2D eigenvalue weighted by atomic mass is 9.92. The average Bonchev–Trinajstić information content (AvgIpc) is 2.38. The normalized spacial score (nSPS) is 12.4. The fraction of sp³-hybridized carbons (Fsp3) is 0.200. The molecule has 0 fully saturated rings. The molecule has 0 aromatic heterocycles. The molecule has 0 bridgehead atoms. The lowest BCUT2D eigenvalue weighted by Crippen LogP contribution is -2.08. The van der Waals surface area contributed by atoms with E-state index in [2.05, 4.69) is 15.9 Å². The summed E-state index contributed by atoms with van der Waals surface area (Å²) in [5.41, 5.74) is 1.61. The van der Waals surface area contributed by atoms with E-state index in [0.717, 1.165) is 11.1 Å². The zero-order valence-corrected chi connectivity index (χ0v) is 11.7. The predicted octanol–water partition coefficient (Wildman–Crippen LogP) is 4.05. The largest absolute Gasteiger partial charge is 0.396 e. The number of hydrogen-bond acceptors (Lipinski definition) is 1. The van der Waals surface area contributed by atoms with Crippen molar-refractivity contribution in [1.82, 2.24) is 0 Å². The van der Waals surface area contributed by atoms with E-state index < -0.39 is 0 Å². The molecule has 19 heavy (non-hydrogen) atoms. The van der Waals surface area contributed by atoms with Gasteiger partial charge in [-0.3, -0.25) is 0 Å². The van der Waals surface area contributed by atoms with Crippen molar-refractivity contribution in [2.45, 2.75) is 12.3 Å². The standard InChI is InChI=1S/C15H13BrF2O/c16-15-8-14(18)5-4-11(15)6-12(9-19)10-2-1-3-13(17)7-10/h1-5,7-8,12,19H,6,9H2. The molecule has 0 radical (unpaired) electrons. The molecule has 1 nitrogen and oxygen atoms in total. The van der Waals surface area contributed by atoms with Crippen LogP contribution in [-0.4, -0.2) is 11.7 Å². The summed E-state index contributed by atoms with van der Waals surface area (Å²) in [5.74, 6) is -0.853. The van der Waals surface area contributed by atoms with Crippen LogP contribution in [0.2, 0.25) is 0 Å². The molecule has 0 saturated heterocycles. The molecule has 0 heterocycles. The Hall–Kier alpha value is -1.26. The van der Waals surface area contributed by atoms with Crippen LogP contribution in [0.1, 0.15) is 17.0 Å². The third-order valence-electron chi connectivity index (χ3n) is 3.02. The highest BCUT2D eigenvalue weighted by Crippen LogP contribution is 2.26. The summed E-state index contributed by atoms with van der Waals surface area (Å²) in [7, 11) is 0. The van der Waals surface area contributed by atoms with Crippen molar-refractivity contribution >= 4 is 15.9 Å². The monoisotopic (exact) mass is 326 g/mol.